The predicted octanol–water partition coefficient (Wildman–Crippen LogP) is 3.15. The number of carbonyl (C=O) groups is 1. The summed E-state index contributed by atoms with van der Waals surface area (Å²) in [5.41, 5.74) is 0.129. The molecule has 1 saturated heterocycles. The average molecular weight is 334 g/mol. The Morgan fingerprint density at radius 3 is 2.47 bits per heavy atom. The molecule has 0 bridgehead atoms. The number of hydrogen-bond donors (Lipinski definition) is 0. The number of nitrogens with zero attached hydrogens (tertiary/aromatic N) is 1. The molecule has 1 fully saturated rings. The maximum atomic E-state index is 14.0. The van der Waals surface area contributed by atoms with Crippen LogP contribution in [-0.4, -0.2) is 31.6 Å². The fraction of sp³-hybridized carbons (Fsp3) is 0.462. The maximum absolute atomic E-state index is 14.0. The second kappa shape index (κ2) is 5.54. The molecule has 2 rings (SSSR count). The van der Waals surface area contributed by atoms with E-state index in [1.807, 2.05) is 13.8 Å². The van der Waals surface area contributed by atoms with Gasteiger partial charge >= 0.3 is 0 Å². The van der Waals surface area contributed by atoms with Crippen molar-refractivity contribution in [3.63, 3.8) is 0 Å². The van der Waals surface area contributed by atoms with Gasteiger partial charge in [0.25, 0.3) is 0 Å². The lowest BCUT2D eigenvalue weighted by Gasteiger charge is -2.37. The molecule has 0 aromatic heterocycles. The van der Waals surface area contributed by atoms with Crippen molar-refractivity contribution in [1.29, 1.82) is 0 Å². The number of carbonyl (C=O) groups excluding carboxylic acids is 1. The first kappa shape index (κ1) is 14.4. The smallest absolute Gasteiger partial charge is 0.182 e. The van der Waals surface area contributed by atoms with Crippen LogP contribution in [0.4, 0.5) is 14.5 Å². The van der Waals surface area contributed by atoms with Crippen molar-refractivity contribution in [2.75, 3.05) is 18.0 Å². The lowest BCUT2D eigenvalue weighted by atomic mass is 10.1. The summed E-state index contributed by atoms with van der Waals surface area (Å²) in [5.74, 6) is -1.97. The van der Waals surface area contributed by atoms with Crippen molar-refractivity contribution in [2.45, 2.75) is 26.1 Å². The van der Waals surface area contributed by atoms with Crippen LogP contribution in [0.2, 0.25) is 0 Å². The van der Waals surface area contributed by atoms with E-state index in [-0.39, 0.29) is 27.9 Å². The second-order valence-corrected chi connectivity index (χ2v) is 5.55. The molecule has 1 heterocycles. The first-order valence-electron chi connectivity index (χ1n) is 5.97. The lowest BCUT2D eigenvalue weighted by Crippen LogP contribution is -2.46. The van der Waals surface area contributed by atoms with Gasteiger partial charge < -0.3 is 9.64 Å². The molecular weight excluding hydrogens is 320 g/mol. The summed E-state index contributed by atoms with van der Waals surface area (Å²) in [4.78, 5) is 12.8. The van der Waals surface area contributed by atoms with E-state index in [9.17, 15) is 13.6 Å². The fourth-order valence-corrected chi connectivity index (χ4v) is 2.86. The third-order valence-corrected chi connectivity index (χ3v) is 3.69. The number of ether oxygens (including phenoxy) is 1. The molecule has 6 heteroatoms. The standard InChI is InChI=1S/C13H14BrF2NO2/c1-7-4-17(5-8(2)19-7)13-9(6-18)10(14)3-11(15)12(13)16/h3,6-8H,4-5H2,1-2H3/t7-,8+. The lowest BCUT2D eigenvalue weighted by molar-refractivity contribution is -0.00547. The Morgan fingerprint density at radius 2 is 1.95 bits per heavy atom. The molecule has 1 aliphatic rings. The van der Waals surface area contributed by atoms with E-state index in [2.05, 4.69) is 15.9 Å². The number of morpholine rings is 1. The van der Waals surface area contributed by atoms with Crippen molar-refractivity contribution >= 4 is 27.9 Å². The van der Waals surface area contributed by atoms with Crippen LogP contribution in [0, 0.1) is 11.6 Å². The summed E-state index contributed by atoms with van der Waals surface area (Å²) >= 11 is 3.09. The molecule has 2 atom stereocenters. The van der Waals surface area contributed by atoms with Gasteiger partial charge in [-0.05, 0) is 35.8 Å². The summed E-state index contributed by atoms with van der Waals surface area (Å²) in [6.45, 7) is 4.54. The number of aldehydes is 1. The first-order valence-corrected chi connectivity index (χ1v) is 6.76. The monoisotopic (exact) mass is 333 g/mol. The maximum Gasteiger partial charge on any atom is 0.182 e. The normalized spacial score (nSPS) is 23.5. The largest absolute Gasteiger partial charge is 0.372 e. The quantitative estimate of drug-likeness (QED) is 0.615. The number of benzene rings is 1. The minimum Gasteiger partial charge on any atom is -0.372 e. The van der Waals surface area contributed by atoms with Gasteiger partial charge in [0.2, 0.25) is 0 Å². The van der Waals surface area contributed by atoms with Crippen LogP contribution in [0.5, 0.6) is 0 Å². The highest BCUT2D eigenvalue weighted by molar-refractivity contribution is 9.10. The van der Waals surface area contributed by atoms with E-state index in [1.165, 1.54) is 0 Å². The topological polar surface area (TPSA) is 29.5 Å². The summed E-state index contributed by atoms with van der Waals surface area (Å²) in [7, 11) is 0. The van der Waals surface area contributed by atoms with Crippen LogP contribution in [-0.2, 0) is 4.74 Å². The number of rotatable bonds is 2. The van der Waals surface area contributed by atoms with Gasteiger partial charge in [-0.1, -0.05) is 0 Å². The third kappa shape index (κ3) is 2.79. The van der Waals surface area contributed by atoms with Crippen molar-refractivity contribution in [1.82, 2.24) is 0 Å². The second-order valence-electron chi connectivity index (χ2n) is 4.70. The Balaban J connectivity index is 2.51. The summed E-state index contributed by atoms with van der Waals surface area (Å²) < 4.78 is 33.4. The van der Waals surface area contributed by atoms with Crippen LogP contribution in [0.15, 0.2) is 10.5 Å². The zero-order valence-corrected chi connectivity index (χ0v) is 12.2. The van der Waals surface area contributed by atoms with Gasteiger partial charge in [0.05, 0.1) is 23.5 Å². The van der Waals surface area contributed by atoms with Gasteiger partial charge in [0.15, 0.2) is 17.9 Å². The third-order valence-electron chi connectivity index (χ3n) is 3.04. The number of anilines is 1. The first-order chi connectivity index (χ1) is 8.93. The van der Waals surface area contributed by atoms with E-state index in [1.54, 1.807) is 4.90 Å². The molecule has 104 valence electrons. The molecule has 0 unspecified atom stereocenters. The summed E-state index contributed by atoms with van der Waals surface area (Å²) in [6.07, 6.45) is 0.321. The Hall–Kier alpha value is -1.01. The van der Waals surface area contributed by atoms with Gasteiger partial charge in [-0.25, -0.2) is 8.78 Å². The average Bonchev–Trinajstić information content (AvgIpc) is 2.32. The van der Waals surface area contributed by atoms with Crippen molar-refractivity contribution in [2.24, 2.45) is 0 Å². The number of hydrogen-bond acceptors (Lipinski definition) is 3. The molecule has 0 spiro atoms. The van der Waals surface area contributed by atoms with Crippen molar-refractivity contribution in [3.05, 3.63) is 27.7 Å². The molecule has 0 saturated carbocycles. The highest BCUT2D eigenvalue weighted by atomic mass is 79.9. The van der Waals surface area contributed by atoms with Crippen LogP contribution in [0.3, 0.4) is 0 Å². The Labute approximate surface area is 118 Å². The zero-order chi connectivity index (χ0) is 14.2. The van der Waals surface area contributed by atoms with Crippen LogP contribution in [0.1, 0.15) is 24.2 Å². The molecule has 0 N–H and O–H groups in total. The van der Waals surface area contributed by atoms with Crippen LogP contribution >= 0.6 is 15.9 Å². The SMILES string of the molecule is C[C@@H]1CN(c2c(F)c(F)cc(Br)c2C=O)C[C@H](C)O1. The van der Waals surface area contributed by atoms with E-state index in [4.69, 9.17) is 4.74 Å². The minimum absolute atomic E-state index is 0.00359. The van der Waals surface area contributed by atoms with E-state index in [0.717, 1.165) is 6.07 Å². The molecule has 3 nitrogen and oxygen atoms in total. The van der Waals surface area contributed by atoms with Gasteiger partial charge in [-0.2, -0.15) is 0 Å². The molecule has 1 aliphatic heterocycles. The molecular formula is C13H14BrF2NO2. The van der Waals surface area contributed by atoms with Gasteiger partial charge in [0.1, 0.15) is 0 Å². The Morgan fingerprint density at radius 1 is 1.37 bits per heavy atom. The summed E-state index contributed by atoms with van der Waals surface area (Å²) in [6, 6.07) is 0.968. The van der Waals surface area contributed by atoms with Crippen molar-refractivity contribution in [3.8, 4) is 0 Å². The highest BCUT2D eigenvalue weighted by Gasteiger charge is 2.28. The van der Waals surface area contributed by atoms with Gasteiger partial charge in [-0.15, -0.1) is 0 Å². The molecule has 1 aromatic rings. The Bertz CT molecular complexity index is 500. The zero-order valence-electron chi connectivity index (χ0n) is 10.6. The minimum atomic E-state index is -0.994. The van der Waals surface area contributed by atoms with Crippen molar-refractivity contribution < 1.29 is 18.3 Å². The van der Waals surface area contributed by atoms with E-state index >= 15 is 0 Å². The predicted molar refractivity (Wildman–Crippen MR) is 71.7 cm³/mol. The number of halogens is 3. The van der Waals surface area contributed by atoms with Gasteiger partial charge in [-0.3, -0.25) is 4.79 Å². The molecule has 0 aliphatic carbocycles. The van der Waals surface area contributed by atoms with Crippen LogP contribution < -0.4 is 4.90 Å². The fourth-order valence-electron chi connectivity index (χ4n) is 2.38. The summed E-state index contributed by atoms with van der Waals surface area (Å²) in [5, 5.41) is 0. The molecule has 0 amide bonds. The molecule has 19 heavy (non-hydrogen) atoms. The molecule has 0 radical (unpaired) electrons. The van der Waals surface area contributed by atoms with E-state index in [0.29, 0.717) is 19.4 Å². The molecule has 1 aromatic carbocycles. The highest BCUT2D eigenvalue weighted by Crippen LogP contribution is 2.33. The van der Waals surface area contributed by atoms with Crippen LogP contribution in [0.25, 0.3) is 0 Å². The van der Waals surface area contributed by atoms with E-state index < -0.39 is 11.6 Å². The Kier molecular flexibility index (Phi) is 4.20. The van der Waals surface area contributed by atoms with Gasteiger partial charge in [0, 0.05) is 17.6 Å².